The molecule has 0 saturated carbocycles. The van der Waals surface area contributed by atoms with Crippen LogP contribution in [-0.4, -0.2) is 29.4 Å². The van der Waals surface area contributed by atoms with Gasteiger partial charge in [-0.3, -0.25) is 0 Å². The lowest BCUT2D eigenvalue weighted by Crippen LogP contribution is -1.96. The standard InChI is InChI=1S/C24H32N2O4/c27-18-8-6-4-2-1-3-5-7-9-19-30-23-16-14-22(15-17-23)26-25-21-12-10-20(11-13-21)24(28)29/h10-17,27H,1-9,18-19H2,(H,28,29). The normalized spacial score (nSPS) is 11.1. The molecule has 6 nitrogen and oxygen atoms in total. The SMILES string of the molecule is O=C(O)c1ccc(N=Nc2ccc(OCCCCCCCCCCCO)cc2)cc1. The number of nitrogens with zero attached hydrogens (tertiary/aromatic N) is 2. The van der Waals surface area contributed by atoms with Crippen molar-refractivity contribution >= 4 is 17.3 Å². The number of carboxylic acids is 1. The number of carboxylic acid groups (broad SMARTS) is 1. The summed E-state index contributed by atoms with van der Waals surface area (Å²) in [5.41, 5.74) is 1.54. The van der Waals surface area contributed by atoms with Crippen LogP contribution in [0.4, 0.5) is 11.4 Å². The monoisotopic (exact) mass is 412 g/mol. The van der Waals surface area contributed by atoms with Crippen molar-refractivity contribution in [2.24, 2.45) is 10.2 Å². The molecular formula is C24H32N2O4. The van der Waals surface area contributed by atoms with Gasteiger partial charge in [-0.05, 0) is 61.4 Å². The third-order valence-corrected chi connectivity index (χ3v) is 4.80. The third kappa shape index (κ3) is 9.65. The fraction of sp³-hybridized carbons (Fsp3) is 0.458. The number of aromatic carboxylic acids is 1. The first kappa shape index (κ1) is 23.5. The Labute approximate surface area is 178 Å². The molecule has 0 heterocycles. The minimum Gasteiger partial charge on any atom is -0.494 e. The Bertz CT molecular complexity index is 758. The van der Waals surface area contributed by atoms with E-state index in [4.69, 9.17) is 14.9 Å². The molecule has 30 heavy (non-hydrogen) atoms. The van der Waals surface area contributed by atoms with E-state index in [0.717, 1.165) is 25.0 Å². The van der Waals surface area contributed by atoms with Gasteiger partial charge >= 0.3 is 5.97 Å². The first-order chi connectivity index (χ1) is 14.7. The summed E-state index contributed by atoms with van der Waals surface area (Å²) in [7, 11) is 0. The molecule has 0 aliphatic rings. The second kappa shape index (κ2) is 14.3. The molecular weight excluding hydrogens is 380 g/mol. The van der Waals surface area contributed by atoms with Crippen LogP contribution < -0.4 is 4.74 Å². The van der Waals surface area contributed by atoms with Gasteiger partial charge in [0, 0.05) is 6.61 Å². The minimum atomic E-state index is -0.959. The van der Waals surface area contributed by atoms with Crippen molar-refractivity contribution in [2.45, 2.75) is 57.8 Å². The Morgan fingerprint density at radius 2 is 1.17 bits per heavy atom. The van der Waals surface area contributed by atoms with Gasteiger partial charge < -0.3 is 14.9 Å². The number of unbranched alkanes of at least 4 members (excludes halogenated alkanes) is 8. The number of azo groups is 1. The van der Waals surface area contributed by atoms with Crippen LogP contribution >= 0.6 is 0 Å². The van der Waals surface area contributed by atoms with E-state index in [2.05, 4.69) is 10.2 Å². The van der Waals surface area contributed by atoms with E-state index in [1.807, 2.05) is 24.3 Å². The van der Waals surface area contributed by atoms with Crippen LogP contribution in [-0.2, 0) is 0 Å². The Balaban J connectivity index is 1.59. The second-order valence-electron chi connectivity index (χ2n) is 7.30. The molecule has 0 fully saturated rings. The molecule has 0 unspecified atom stereocenters. The Morgan fingerprint density at radius 3 is 1.67 bits per heavy atom. The highest BCUT2D eigenvalue weighted by molar-refractivity contribution is 5.87. The van der Waals surface area contributed by atoms with Gasteiger partial charge in [-0.15, -0.1) is 0 Å². The maximum absolute atomic E-state index is 10.8. The van der Waals surface area contributed by atoms with E-state index < -0.39 is 5.97 Å². The lowest BCUT2D eigenvalue weighted by Gasteiger charge is -2.06. The maximum atomic E-state index is 10.8. The number of hydrogen-bond acceptors (Lipinski definition) is 5. The third-order valence-electron chi connectivity index (χ3n) is 4.80. The minimum absolute atomic E-state index is 0.227. The van der Waals surface area contributed by atoms with Gasteiger partial charge in [0.15, 0.2) is 0 Å². The molecule has 6 heteroatoms. The van der Waals surface area contributed by atoms with Crippen LogP contribution in [0.15, 0.2) is 58.8 Å². The van der Waals surface area contributed by atoms with E-state index in [0.29, 0.717) is 24.6 Å². The van der Waals surface area contributed by atoms with Gasteiger partial charge in [0.2, 0.25) is 0 Å². The summed E-state index contributed by atoms with van der Waals surface area (Å²) < 4.78 is 5.78. The fourth-order valence-electron chi connectivity index (χ4n) is 3.04. The Kier molecular flexibility index (Phi) is 11.2. The molecule has 0 spiro atoms. The predicted molar refractivity (Wildman–Crippen MR) is 118 cm³/mol. The van der Waals surface area contributed by atoms with Crippen LogP contribution in [0, 0.1) is 0 Å². The van der Waals surface area contributed by atoms with Crippen LogP contribution in [0.2, 0.25) is 0 Å². The highest BCUT2D eigenvalue weighted by Crippen LogP contribution is 2.22. The molecule has 0 saturated heterocycles. The van der Waals surface area contributed by atoms with Gasteiger partial charge in [-0.25, -0.2) is 4.79 Å². The van der Waals surface area contributed by atoms with Gasteiger partial charge in [0.05, 0.1) is 23.5 Å². The van der Waals surface area contributed by atoms with Crippen molar-refractivity contribution in [1.29, 1.82) is 0 Å². The smallest absolute Gasteiger partial charge is 0.335 e. The summed E-state index contributed by atoms with van der Waals surface area (Å²) in [5.74, 6) is -0.136. The van der Waals surface area contributed by atoms with Crippen molar-refractivity contribution in [3.8, 4) is 5.75 Å². The largest absolute Gasteiger partial charge is 0.494 e. The molecule has 0 aliphatic heterocycles. The first-order valence-electron chi connectivity index (χ1n) is 10.8. The van der Waals surface area contributed by atoms with E-state index >= 15 is 0 Å². The van der Waals surface area contributed by atoms with E-state index in [9.17, 15) is 4.79 Å². The van der Waals surface area contributed by atoms with Crippen molar-refractivity contribution in [3.05, 3.63) is 54.1 Å². The quantitative estimate of drug-likeness (QED) is 0.252. The topological polar surface area (TPSA) is 91.5 Å². The predicted octanol–water partition coefficient (Wildman–Crippen LogP) is 6.68. The zero-order chi connectivity index (χ0) is 21.4. The average molecular weight is 413 g/mol. The summed E-state index contributed by atoms with van der Waals surface area (Å²) in [5, 5.41) is 25.9. The van der Waals surface area contributed by atoms with Crippen molar-refractivity contribution in [2.75, 3.05) is 13.2 Å². The van der Waals surface area contributed by atoms with Crippen LogP contribution in [0.5, 0.6) is 5.75 Å². The highest BCUT2D eigenvalue weighted by Gasteiger charge is 2.01. The summed E-state index contributed by atoms with van der Waals surface area (Å²) >= 11 is 0. The van der Waals surface area contributed by atoms with E-state index in [-0.39, 0.29) is 5.56 Å². The van der Waals surface area contributed by atoms with E-state index in [1.165, 1.54) is 50.7 Å². The molecule has 0 radical (unpaired) electrons. The van der Waals surface area contributed by atoms with Gasteiger partial charge in [-0.2, -0.15) is 10.2 Å². The van der Waals surface area contributed by atoms with Gasteiger partial charge in [0.25, 0.3) is 0 Å². The molecule has 2 aromatic rings. The van der Waals surface area contributed by atoms with Crippen LogP contribution in [0.1, 0.15) is 68.1 Å². The Morgan fingerprint density at radius 1 is 0.700 bits per heavy atom. The molecule has 0 aromatic heterocycles. The number of benzene rings is 2. The number of aliphatic hydroxyl groups is 1. The first-order valence-corrected chi connectivity index (χ1v) is 10.8. The zero-order valence-electron chi connectivity index (χ0n) is 17.5. The molecule has 0 bridgehead atoms. The van der Waals surface area contributed by atoms with Gasteiger partial charge in [-0.1, -0.05) is 44.9 Å². The molecule has 0 aliphatic carbocycles. The zero-order valence-corrected chi connectivity index (χ0v) is 17.5. The number of aliphatic hydroxyl groups excluding tert-OH is 1. The number of hydrogen-bond donors (Lipinski definition) is 2. The van der Waals surface area contributed by atoms with Gasteiger partial charge in [0.1, 0.15) is 5.75 Å². The van der Waals surface area contributed by atoms with Crippen LogP contribution in [0.25, 0.3) is 0 Å². The average Bonchev–Trinajstić information content (AvgIpc) is 2.77. The maximum Gasteiger partial charge on any atom is 0.335 e. The molecule has 2 N–H and O–H groups in total. The highest BCUT2D eigenvalue weighted by atomic mass is 16.5. The fourth-order valence-corrected chi connectivity index (χ4v) is 3.04. The summed E-state index contributed by atoms with van der Waals surface area (Å²) in [6.07, 6.45) is 10.6. The summed E-state index contributed by atoms with van der Waals surface area (Å²) in [6, 6.07) is 13.7. The number of carbonyl (C=O) groups is 1. The number of rotatable bonds is 15. The molecule has 0 atom stereocenters. The second-order valence-corrected chi connectivity index (χ2v) is 7.30. The molecule has 2 aromatic carbocycles. The van der Waals surface area contributed by atoms with Crippen LogP contribution in [0.3, 0.4) is 0 Å². The molecule has 2 rings (SSSR count). The number of ether oxygens (including phenoxy) is 1. The molecule has 0 amide bonds. The Hall–Kier alpha value is -2.73. The van der Waals surface area contributed by atoms with Crippen molar-refractivity contribution in [3.63, 3.8) is 0 Å². The van der Waals surface area contributed by atoms with Crippen molar-refractivity contribution < 1.29 is 19.7 Å². The van der Waals surface area contributed by atoms with E-state index in [1.54, 1.807) is 12.1 Å². The lowest BCUT2D eigenvalue weighted by molar-refractivity contribution is 0.0697. The lowest BCUT2D eigenvalue weighted by atomic mass is 10.1. The van der Waals surface area contributed by atoms with Crippen molar-refractivity contribution in [1.82, 2.24) is 0 Å². The summed E-state index contributed by atoms with van der Waals surface area (Å²) in [4.78, 5) is 10.8. The summed E-state index contributed by atoms with van der Waals surface area (Å²) in [6.45, 7) is 1.03. The molecule has 162 valence electrons.